The van der Waals surface area contributed by atoms with E-state index in [4.69, 9.17) is 0 Å². The molecule has 0 amide bonds. The van der Waals surface area contributed by atoms with Gasteiger partial charge in [-0.1, -0.05) is 6.42 Å². The molecule has 0 atom stereocenters. The van der Waals surface area contributed by atoms with Crippen LogP contribution in [0.5, 0.6) is 0 Å². The predicted octanol–water partition coefficient (Wildman–Crippen LogP) is 2.74. The van der Waals surface area contributed by atoms with Crippen molar-refractivity contribution in [2.45, 2.75) is 32.4 Å². The maximum atomic E-state index is 12.8. The Bertz CT molecular complexity index is 443. The van der Waals surface area contributed by atoms with Crippen LogP contribution in [0.4, 0.5) is 24.9 Å². The normalized spacial score (nSPS) is 17.0. The highest BCUT2D eigenvalue weighted by Gasteiger charge is 2.33. The van der Waals surface area contributed by atoms with Crippen LogP contribution in [0.3, 0.4) is 0 Å². The average Bonchev–Trinajstić information content (AvgIpc) is 2.39. The fourth-order valence-electron chi connectivity index (χ4n) is 2.05. The third kappa shape index (κ3) is 3.96. The highest BCUT2D eigenvalue weighted by atomic mass is 19.4. The van der Waals surface area contributed by atoms with Gasteiger partial charge in [-0.05, 0) is 19.8 Å². The maximum absolute atomic E-state index is 12.8. The summed E-state index contributed by atoms with van der Waals surface area (Å²) in [6.45, 7) is 3.86. The van der Waals surface area contributed by atoms with Crippen molar-refractivity contribution in [1.29, 1.82) is 0 Å². The zero-order valence-corrected chi connectivity index (χ0v) is 11.3. The van der Waals surface area contributed by atoms with E-state index in [1.165, 1.54) is 0 Å². The number of rotatable bonds is 4. The fourth-order valence-corrected chi connectivity index (χ4v) is 2.05. The minimum absolute atomic E-state index is 0.0122. The van der Waals surface area contributed by atoms with Crippen LogP contribution in [0.15, 0.2) is 6.07 Å². The zero-order chi connectivity index (χ0) is 14.6. The number of halogens is 3. The van der Waals surface area contributed by atoms with Gasteiger partial charge in [-0.2, -0.15) is 18.2 Å². The average molecular weight is 289 g/mol. The summed E-state index contributed by atoms with van der Waals surface area (Å²) >= 11 is 0. The lowest BCUT2D eigenvalue weighted by Crippen LogP contribution is -2.35. The number of hydrazine groups is 1. The van der Waals surface area contributed by atoms with Gasteiger partial charge in [-0.15, -0.1) is 0 Å². The maximum Gasteiger partial charge on any atom is 0.433 e. The van der Waals surface area contributed by atoms with Crippen LogP contribution in [0.1, 0.15) is 31.9 Å². The number of piperidine rings is 1. The van der Waals surface area contributed by atoms with Crippen LogP contribution in [0.2, 0.25) is 0 Å². The van der Waals surface area contributed by atoms with E-state index in [1.54, 1.807) is 6.92 Å². The van der Waals surface area contributed by atoms with Crippen molar-refractivity contribution in [2.24, 2.45) is 0 Å². The Morgan fingerprint density at radius 2 is 1.90 bits per heavy atom. The van der Waals surface area contributed by atoms with Gasteiger partial charge < -0.3 is 10.7 Å². The molecule has 1 aliphatic heterocycles. The molecule has 5 nitrogen and oxygen atoms in total. The van der Waals surface area contributed by atoms with Gasteiger partial charge in [0.2, 0.25) is 5.95 Å². The molecule has 0 bridgehead atoms. The first-order valence-electron chi connectivity index (χ1n) is 6.71. The predicted molar refractivity (Wildman–Crippen MR) is 70.2 cm³/mol. The number of nitrogens with one attached hydrogen (secondary N) is 2. The molecule has 0 aromatic carbocycles. The second-order valence-electron chi connectivity index (χ2n) is 4.65. The van der Waals surface area contributed by atoms with Gasteiger partial charge >= 0.3 is 6.18 Å². The second kappa shape index (κ2) is 6.25. The summed E-state index contributed by atoms with van der Waals surface area (Å²) in [5, 5.41) is 4.61. The Hall–Kier alpha value is -1.57. The summed E-state index contributed by atoms with van der Waals surface area (Å²) in [6, 6.07) is 0.940. The largest absolute Gasteiger partial charge is 0.433 e. The van der Waals surface area contributed by atoms with Crippen molar-refractivity contribution in [3.63, 3.8) is 0 Å². The Morgan fingerprint density at radius 1 is 1.20 bits per heavy atom. The van der Waals surface area contributed by atoms with Gasteiger partial charge in [0.25, 0.3) is 0 Å². The van der Waals surface area contributed by atoms with Crippen LogP contribution in [0, 0.1) is 0 Å². The number of hydrogen-bond donors (Lipinski definition) is 2. The molecule has 2 N–H and O–H groups in total. The summed E-state index contributed by atoms with van der Waals surface area (Å²) < 4.78 is 38.4. The van der Waals surface area contributed by atoms with Crippen LogP contribution < -0.4 is 10.7 Å². The Balaban J connectivity index is 2.19. The van der Waals surface area contributed by atoms with E-state index in [-0.39, 0.29) is 11.8 Å². The molecule has 0 unspecified atom stereocenters. The SMILES string of the molecule is CCNc1nc(NN2CCCCC2)cc(C(F)(F)F)n1. The Labute approximate surface area is 115 Å². The number of aromatic nitrogens is 2. The van der Waals surface area contributed by atoms with Gasteiger partial charge in [0, 0.05) is 25.7 Å². The second-order valence-corrected chi connectivity index (χ2v) is 4.65. The highest BCUT2D eigenvalue weighted by molar-refractivity contribution is 5.42. The van der Waals surface area contributed by atoms with E-state index in [9.17, 15) is 13.2 Å². The molecule has 2 heterocycles. The van der Waals surface area contributed by atoms with Crippen LogP contribution >= 0.6 is 0 Å². The number of nitrogens with zero attached hydrogens (tertiary/aromatic N) is 3. The van der Waals surface area contributed by atoms with Crippen LogP contribution in [-0.4, -0.2) is 34.6 Å². The summed E-state index contributed by atoms with van der Waals surface area (Å²) in [4.78, 5) is 7.54. The summed E-state index contributed by atoms with van der Waals surface area (Å²) in [7, 11) is 0. The number of alkyl halides is 3. The molecule has 1 saturated heterocycles. The molecular weight excluding hydrogens is 271 g/mol. The first-order chi connectivity index (χ1) is 9.49. The standard InChI is InChI=1S/C12H18F3N5/c1-2-16-11-17-9(12(13,14)15)8-10(18-11)19-20-6-4-3-5-7-20/h8H,2-7H2,1H3,(H2,16,17,18,19). The number of anilines is 2. The quantitative estimate of drug-likeness (QED) is 0.892. The van der Waals surface area contributed by atoms with Crippen LogP contribution in [0.25, 0.3) is 0 Å². The minimum atomic E-state index is -4.48. The van der Waals surface area contributed by atoms with E-state index in [0.29, 0.717) is 6.54 Å². The van der Waals surface area contributed by atoms with Crippen molar-refractivity contribution in [3.8, 4) is 0 Å². The lowest BCUT2D eigenvalue weighted by atomic mass is 10.2. The molecular formula is C12H18F3N5. The molecule has 0 spiro atoms. The zero-order valence-electron chi connectivity index (χ0n) is 11.3. The van der Waals surface area contributed by atoms with Crippen molar-refractivity contribution in [1.82, 2.24) is 15.0 Å². The van der Waals surface area contributed by atoms with Gasteiger partial charge in [0.05, 0.1) is 0 Å². The van der Waals surface area contributed by atoms with E-state index >= 15 is 0 Å². The molecule has 112 valence electrons. The molecule has 1 fully saturated rings. The van der Waals surface area contributed by atoms with Gasteiger partial charge in [0.15, 0.2) is 5.69 Å². The molecule has 8 heteroatoms. The third-order valence-corrected chi connectivity index (χ3v) is 2.98. The summed E-state index contributed by atoms with van der Waals surface area (Å²) in [6.07, 6.45) is -1.27. The summed E-state index contributed by atoms with van der Waals surface area (Å²) in [5.74, 6) is 0.159. The molecule has 0 radical (unpaired) electrons. The molecule has 20 heavy (non-hydrogen) atoms. The van der Waals surface area contributed by atoms with Crippen molar-refractivity contribution < 1.29 is 13.2 Å². The van der Waals surface area contributed by atoms with Gasteiger partial charge in [-0.3, -0.25) is 0 Å². The first-order valence-corrected chi connectivity index (χ1v) is 6.71. The Morgan fingerprint density at radius 3 is 2.50 bits per heavy atom. The molecule has 0 saturated carbocycles. The number of hydrogen-bond acceptors (Lipinski definition) is 5. The molecule has 1 aliphatic rings. The van der Waals surface area contributed by atoms with Crippen molar-refractivity contribution in [3.05, 3.63) is 11.8 Å². The van der Waals surface area contributed by atoms with Gasteiger partial charge in [-0.25, -0.2) is 9.99 Å². The van der Waals surface area contributed by atoms with Crippen molar-refractivity contribution >= 4 is 11.8 Å². The minimum Gasteiger partial charge on any atom is -0.354 e. The van der Waals surface area contributed by atoms with E-state index in [2.05, 4.69) is 20.7 Å². The lowest BCUT2D eigenvalue weighted by Gasteiger charge is -2.27. The molecule has 0 aliphatic carbocycles. The van der Waals surface area contributed by atoms with Crippen LogP contribution in [-0.2, 0) is 6.18 Å². The van der Waals surface area contributed by atoms with E-state index in [1.807, 2.05) is 5.01 Å². The Kier molecular flexibility index (Phi) is 4.64. The topological polar surface area (TPSA) is 53.1 Å². The van der Waals surface area contributed by atoms with E-state index in [0.717, 1.165) is 38.4 Å². The first kappa shape index (κ1) is 14.8. The molecule has 2 rings (SSSR count). The lowest BCUT2D eigenvalue weighted by molar-refractivity contribution is -0.141. The van der Waals surface area contributed by atoms with E-state index < -0.39 is 11.9 Å². The molecule has 1 aromatic rings. The van der Waals surface area contributed by atoms with Crippen molar-refractivity contribution in [2.75, 3.05) is 30.4 Å². The highest BCUT2D eigenvalue weighted by Crippen LogP contribution is 2.29. The summed E-state index contributed by atoms with van der Waals surface area (Å²) in [5.41, 5.74) is 1.99. The smallest absolute Gasteiger partial charge is 0.354 e. The monoisotopic (exact) mass is 289 g/mol. The third-order valence-electron chi connectivity index (χ3n) is 2.98. The fraction of sp³-hybridized carbons (Fsp3) is 0.667. The molecule has 1 aromatic heterocycles. The van der Waals surface area contributed by atoms with Gasteiger partial charge in [0.1, 0.15) is 5.82 Å².